The van der Waals surface area contributed by atoms with Gasteiger partial charge in [0.15, 0.2) is 0 Å². The molecule has 3 rings (SSSR count). The van der Waals surface area contributed by atoms with Crippen LogP contribution in [-0.2, 0) is 0 Å². The first-order valence-electron chi connectivity index (χ1n) is 6.76. The molecule has 5 heteroatoms. The van der Waals surface area contributed by atoms with Crippen LogP contribution in [-0.4, -0.2) is 41.7 Å². The fraction of sp³-hybridized carbons (Fsp3) is 0.333. The van der Waals surface area contributed by atoms with Gasteiger partial charge in [0.1, 0.15) is 5.69 Å². The molecule has 2 aromatic rings. The molecule has 0 amide bonds. The summed E-state index contributed by atoms with van der Waals surface area (Å²) in [5, 5.41) is 13.3. The Balaban J connectivity index is 1.98. The van der Waals surface area contributed by atoms with Crippen molar-refractivity contribution in [1.82, 2.24) is 10.3 Å². The molecule has 104 valence electrons. The summed E-state index contributed by atoms with van der Waals surface area (Å²) < 4.78 is 0. The summed E-state index contributed by atoms with van der Waals surface area (Å²) in [5.74, 6) is -0.994. The molecule has 1 aliphatic heterocycles. The van der Waals surface area contributed by atoms with Crippen molar-refractivity contribution in [3.8, 4) is 0 Å². The molecule has 0 bridgehead atoms. The van der Waals surface area contributed by atoms with E-state index < -0.39 is 5.97 Å². The van der Waals surface area contributed by atoms with E-state index in [0.717, 1.165) is 36.2 Å². The molecule has 2 heterocycles. The van der Waals surface area contributed by atoms with Crippen molar-refractivity contribution in [2.24, 2.45) is 0 Å². The number of hydrogen-bond donors (Lipinski definition) is 2. The van der Waals surface area contributed by atoms with Crippen LogP contribution in [0.1, 0.15) is 17.4 Å². The summed E-state index contributed by atoms with van der Waals surface area (Å²) in [6.45, 7) is 5.14. The molecular formula is C15H17N3O2. The van der Waals surface area contributed by atoms with Crippen molar-refractivity contribution in [3.05, 3.63) is 36.0 Å². The lowest BCUT2D eigenvalue weighted by molar-refractivity contribution is 0.0691. The first-order valence-corrected chi connectivity index (χ1v) is 6.76. The van der Waals surface area contributed by atoms with Gasteiger partial charge in [0.05, 0.1) is 5.52 Å². The van der Waals surface area contributed by atoms with Crippen LogP contribution in [0.3, 0.4) is 0 Å². The average molecular weight is 271 g/mol. The van der Waals surface area contributed by atoms with E-state index in [-0.39, 0.29) is 5.69 Å². The zero-order chi connectivity index (χ0) is 14.1. The molecule has 1 aliphatic rings. The van der Waals surface area contributed by atoms with Gasteiger partial charge in [-0.1, -0.05) is 6.07 Å². The van der Waals surface area contributed by atoms with Gasteiger partial charge < -0.3 is 15.3 Å². The number of carboxylic acid groups (broad SMARTS) is 1. The number of aromatic nitrogens is 1. The van der Waals surface area contributed by atoms with Crippen molar-refractivity contribution in [2.75, 3.05) is 24.5 Å². The highest BCUT2D eigenvalue weighted by atomic mass is 16.4. The summed E-state index contributed by atoms with van der Waals surface area (Å²) in [7, 11) is 0. The fourth-order valence-electron chi connectivity index (χ4n) is 2.64. The Kier molecular flexibility index (Phi) is 3.28. The minimum Gasteiger partial charge on any atom is -0.477 e. The second-order valence-electron chi connectivity index (χ2n) is 5.13. The van der Waals surface area contributed by atoms with Gasteiger partial charge in [-0.15, -0.1) is 0 Å². The van der Waals surface area contributed by atoms with Crippen LogP contribution in [0.2, 0.25) is 0 Å². The molecule has 5 nitrogen and oxygen atoms in total. The molecule has 0 aliphatic carbocycles. The minimum atomic E-state index is -0.994. The molecular weight excluding hydrogens is 254 g/mol. The standard InChI is InChI=1S/C15H17N3O2/c1-10-9-16-6-7-18(10)12-3-5-13-11(8-12)2-4-14(17-13)15(19)20/h2-5,8,10,16H,6-7,9H2,1H3,(H,19,20). The normalized spacial score (nSPS) is 19.2. The Morgan fingerprint density at radius 2 is 2.25 bits per heavy atom. The molecule has 1 fully saturated rings. The van der Waals surface area contributed by atoms with Crippen LogP contribution in [0.15, 0.2) is 30.3 Å². The van der Waals surface area contributed by atoms with E-state index in [4.69, 9.17) is 5.11 Å². The number of anilines is 1. The molecule has 2 N–H and O–H groups in total. The van der Waals surface area contributed by atoms with Crippen LogP contribution in [0.25, 0.3) is 10.9 Å². The van der Waals surface area contributed by atoms with Crippen molar-refractivity contribution < 1.29 is 9.90 Å². The Hall–Kier alpha value is -2.14. The van der Waals surface area contributed by atoms with E-state index in [2.05, 4.69) is 28.2 Å². The van der Waals surface area contributed by atoms with Gasteiger partial charge in [-0.3, -0.25) is 0 Å². The monoisotopic (exact) mass is 271 g/mol. The lowest BCUT2D eigenvalue weighted by atomic mass is 10.1. The van der Waals surface area contributed by atoms with E-state index in [1.807, 2.05) is 18.2 Å². The maximum absolute atomic E-state index is 10.9. The van der Waals surface area contributed by atoms with Crippen LogP contribution in [0.4, 0.5) is 5.69 Å². The second kappa shape index (κ2) is 5.09. The van der Waals surface area contributed by atoms with E-state index in [1.165, 1.54) is 0 Å². The van der Waals surface area contributed by atoms with Crippen molar-refractivity contribution >= 4 is 22.6 Å². The molecule has 0 spiro atoms. The van der Waals surface area contributed by atoms with Crippen LogP contribution in [0.5, 0.6) is 0 Å². The van der Waals surface area contributed by atoms with Gasteiger partial charge in [-0.25, -0.2) is 9.78 Å². The Labute approximate surface area is 117 Å². The summed E-state index contributed by atoms with van der Waals surface area (Å²) >= 11 is 0. The third-order valence-corrected chi connectivity index (χ3v) is 3.72. The Morgan fingerprint density at radius 1 is 1.40 bits per heavy atom. The quantitative estimate of drug-likeness (QED) is 0.871. The summed E-state index contributed by atoms with van der Waals surface area (Å²) in [5.41, 5.74) is 1.97. The topological polar surface area (TPSA) is 65.5 Å². The number of aromatic carboxylic acids is 1. The smallest absolute Gasteiger partial charge is 0.354 e. The molecule has 20 heavy (non-hydrogen) atoms. The lowest BCUT2D eigenvalue weighted by Crippen LogP contribution is -2.49. The Morgan fingerprint density at radius 3 is 3.00 bits per heavy atom. The number of carboxylic acids is 1. The number of piperazine rings is 1. The van der Waals surface area contributed by atoms with E-state index in [1.54, 1.807) is 6.07 Å². The zero-order valence-electron chi connectivity index (χ0n) is 11.3. The third kappa shape index (κ3) is 2.32. The number of nitrogens with one attached hydrogen (secondary N) is 1. The summed E-state index contributed by atoms with van der Waals surface area (Å²) in [6, 6.07) is 9.81. The molecule has 1 saturated heterocycles. The highest BCUT2D eigenvalue weighted by molar-refractivity contribution is 5.90. The first kappa shape index (κ1) is 12.9. The van der Waals surface area contributed by atoms with Crippen LogP contribution in [0, 0.1) is 0 Å². The molecule has 1 aromatic carbocycles. The summed E-state index contributed by atoms with van der Waals surface area (Å²) in [4.78, 5) is 17.4. The lowest BCUT2D eigenvalue weighted by Gasteiger charge is -2.36. The van der Waals surface area contributed by atoms with Crippen LogP contribution >= 0.6 is 0 Å². The number of nitrogens with zero attached hydrogens (tertiary/aromatic N) is 2. The van der Waals surface area contributed by atoms with Crippen molar-refractivity contribution in [2.45, 2.75) is 13.0 Å². The predicted molar refractivity (Wildman–Crippen MR) is 78.4 cm³/mol. The molecule has 1 atom stereocenters. The van der Waals surface area contributed by atoms with Gasteiger partial charge in [0.2, 0.25) is 0 Å². The minimum absolute atomic E-state index is 0.0841. The SMILES string of the molecule is CC1CNCCN1c1ccc2nc(C(=O)O)ccc2c1. The highest BCUT2D eigenvalue weighted by Gasteiger charge is 2.18. The van der Waals surface area contributed by atoms with E-state index >= 15 is 0 Å². The molecule has 0 radical (unpaired) electrons. The number of pyridine rings is 1. The Bertz CT molecular complexity index is 657. The summed E-state index contributed by atoms with van der Waals surface area (Å²) in [6.07, 6.45) is 0. The first-order chi connectivity index (χ1) is 9.65. The van der Waals surface area contributed by atoms with E-state index in [9.17, 15) is 4.79 Å². The maximum Gasteiger partial charge on any atom is 0.354 e. The van der Waals surface area contributed by atoms with Crippen molar-refractivity contribution in [3.63, 3.8) is 0 Å². The van der Waals surface area contributed by atoms with Crippen LogP contribution < -0.4 is 10.2 Å². The number of fused-ring (bicyclic) bond motifs is 1. The number of rotatable bonds is 2. The average Bonchev–Trinajstić information content (AvgIpc) is 2.46. The maximum atomic E-state index is 10.9. The fourth-order valence-corrected chi connectivity index (χ4v) is 2.64. The number of hydrogen-bond acceptors (Lipinski definition) is 4. The molecule has 0 saturated carbocycles. The number of benzene rings is 1. The van der Waals surface area contributed by atoms with Gasteiger partial charge >= 0.3 is 5.97 Å². The number of carbonyl (C=O) groups is 1. The van der Waals surface area contributed by atoms with Gasteiger partial charge in [0, 0.05) is 36.7 Å². The molecule has 1 unspecified atom stereocenters. The molecule has 1 aromatic heterocycles. The van der Waals surface area contributed by atoms with Gasteiger partial charge in [-0.05, 0) is 31.2 Å². The highest BCUT2D eigenvalue weighted by Crippen LogP contribution is 2.23. The van der Waals surface area contributed by atoms with E-state index in [0.29, 0.717) is 6.04 Å². The predicted octanol–water partition coefficient (Wildman–Crippen LogP) is 1.73. The van der Waals surface area contributed by atoms with Gasteiger partial charge in [0.25, 0.3) is 0 Å². The third-order valence-electron chi connectivity index (χ3n) is 3.72. The second-order valence-corrected chi connectivity index (χ2v) is 5.13. The van der Waals surface area contributed by atoms with Crippen molar-refractivity contribution in [1.29, 1.82) is 0 Å². The van der Waals surface area contributed by atoms with Gasteiger partial charge in [-0.2, -0.15) is 0 Å². The zero-order valence-corrected chi connectivity index (χ0v) is 11.3. The largest absolute Gasteiger partial charge is 0.477 e.